The van der Waals surface area contributed by atoms with E-state index < -0.39 is 0 Å². The van der Waals surface area contributed by atoms with Gasteiger partial charge in [-0.2, -0.15) is 0 Å². The van der Waals surface area contributed by atoms with Crippen LogP contribution in [-0.2, 0) is 9.53 Å². The molecule has 1 aromatic rings. The summed E-state index contributed by atoms with van der Waals surface area (Å²) < 4.78 is 19.2. The number of halogens is 1. The Kier molecular flexibility index (Phi) is 3.04. The molecule has 2 aliphatic heterocycles. The van der Waals surface area contributed by atoms with Crippen LogP contribution < -0.4 is 5.32 Å². The lowest BCUT2D eigenvalue weighted by atomic mass is 9.78. The Hall–Kier alpha value is -1.42. The second kappa shape index (κ2) is 4.69. The molecule has 2 atom stereocenters. The first-order chi connectivity index (χ1) is 8.75. The minimum Gasteiger partial charge on any atom is -0.381 e. The minimum absolute atomic E-state index is 0.0877. The van der Waals surface area contributed by atoms with E-state index in [0.29, 0.717) is 24.6 Å². The molecule has 3 rings (SSSR count). The van der Waals surface area contributed by atoms with Crippen molar-refractivity contribution in [3.05, 3.63) is 29.6 Å². The highest BCUT2D eigenvalue weighted by Crippen LogP contribution is 2.41. The van der Waals surface area contributed by atoms with Crippen molar-refractivity contribution in [1.82, 2.24) is 0 Å². The Morgan fingerprint density at radius 3 is 3.06 bits per heavy atom. The van der Waals surface area contributed by atoms with Crippen molar-refractivity contribution in [2.45, 2.75) is 25.2 Å². The maximum atomic E-state index is 13.7. The fraction of sp³-hybridized carbons (Fsp3) is 0.500. The number of para-hydroxylation sites is 1. The molecule has 0 radical (unpaired) electrons. The molecule has 1 aromatic carbocycles. The highest BCUT2D eigenvalue weighted by Gasteiger charge is 2.33. The van der Waals surface area contributed by atoms with Gasteiger partial charge in [-0.3, -0.25) is 4.79 Å². The van der Waals surface area contributed by atoms with Crippen LogP contribution >= 0.6 is 0 Å². The zero-order valence-electron chi connectivity index (χ0n) is 10.1. The predicted molar refractivity (Wildman–Crippen MR) is 65.9 cm³/mol. The first-order valence-corrected chi connectivity index (χ1v) is 6.41. The monoisotopic (exact) mass is 249 g/mol. The van der Waals surface area contributed by atoms with E-state index in [1.807, 2.05) is 6.07 Å². The first kappa shape index (κ1) is 11.7. The molecule has 3 nitrogen and oxygen atoms in total. The summed E-state index contributed by atoms with van der Waals surface area (Å²) in [7, 11) is 0. The van der Waals surface area contributed by atoms with E-state index in [1.165, 1.54) is 6.07 Å². The highest BCUT2D eigenvalue weighted by atomic mass is 19.1. The van der Waals surface area contributed by atoms with E-state index >= 15 is 0 Å². The third kappa shape index (κ3) is 2.01. The van der Waals surface area contributed by atoms with Gasteiger partial charge >= 0.3 is 0 Å². The number of carbonyl (C=O) groups excluding carboxylic acids is 1. The van der Waals surface area contributed by atoms with E-state index in [1.54, 1.807) is 6.07 Å². The Labute approximate surface area is 105 Å². The van der Waals surface area contributed by atoms with E-state index in [4.69, 9.17) is 4.74 Å². The second-order valence-electron chi connectivity index (χ2n) is 5.04. The van der Waals surface area contributed by atoms with Crippen molar-refractivity contribution in [3.8, 4) is 0 Å². The number of hydrogen-bond acceptors (Lipinski definition) is 2. The van der Waals surface area contributed by atoms with Crippen molar-refractivity contribution < 1.29 is 13.9 Å². The maximum absolute atomic E-state index is 13.7. The molecule has 1 amide bonds. The van der Waals surface area contributed by atoms with Gasteiger partial charge in [0.2, 0.25) is 5.91 Å². The van der Waals surface area contributed by atoms with E-state index in [-0.39, 0.29) is 17.6 Å². The average molecular weight is 249 g/mol. The van der Waals surface area contributed by atoms with Gasteiger partial charge in [-0.25, -0.2) is 4.39 Å². The van der Waals surface area contributed by atoms with Crippen molar-refractivity contribution in [3.63, 3.8) is 0 Å². The van der Waals surface area contributed by atoms with Gasteiger partial charge < -0.3 is 10.1 Å². The number of benzene rings is 1. The lowest BCUT2D eigenvalue weighted by Crippen LogP contribution is -2.31. The molecule has 0 bridgehead atoms. The van der Waals surface area contributed by atoms with Gasteiger partial charge in [0.05, 0.1) is 5.69 Å². The van der Waals surface area contributed by atoms with Gasteiger partial charge in [-0.15, -0.1) is 0 Å². The molecular weight excluding hydrogens is 233 g/mol. The Morgan fingerprint density at radius 1 is 1.39 bits per heavy atom. The number of ether oxygens (including phenoxy) is 1. The quantitative estimate of drug-likeness (QED) is 0.831. The molecule has 2 unspecified atom stereocenters. The summed E-state index contributed by atoms with van der Waals surface area (Å²) in [6, 6.07) is 5.01. The summed E-state index contributed by atoms with van der Waals surface area (Å²) in [5, 5.41) is 2.64. The van der Waals surface area contributed by atoms with E-state index in [2.05, 4.69) is 5.32 Å². The third-order valence-corrected chi connectivity index (χ3v) is 3.88. The van der Waals surface area contributed by atoms with Gasteiger partial charge in [-0.05, 0) is 36.3 Å². The van der Waals surface area contributed by atoms with Crippen LogP contribution in [0.25, 0.3) is 0 Å². The molecule has 2 aliphatic rings. The van der Waals surface area contributed by atoms with Crippen LogP contribution in [0, 0.1) is 11.7 Å². The number of fused-ring (bicyclic) bond motifs is 1. The van der Waals surface area contributed by atoms with Crippen LogP contribution in [-0.4, -0.2) is 19.1 Å². The average Bonchev–Trinajstić information content (AvgIpc) is 2.40. The normalized spacial score (nSPS) is 27.5. The van der Waals surface area contributed by atoms with Crippen LogP contribution in [0.15, 0.2) is 18.2 Å². The maximum Gasteiger partial charge on any atom is 0.225 e. The first-order valence-electron chi connectivity index (χ1n) is 6.41. The summed E-state index contributed by atoms with van der Waals surface area (Å²) in [4.78, 5) is 11.7. The fourth-order valence-electron chi connectivity index (χ4n) is 2.99. The molecule has 0 spiro atoms. The summed E-state index contributed by atoms with van der Waals surface area (Å²) in [5.41, 5.74) is 1.29. The molecule has 1 fully saturated rings. The van der Waals surface area contributed by atoms with Crippen LogP contribution in [0.3, 0.4) is 0 Å². The molecule has 0 saturated carbocycles. The zero-order valence-corrected chi connectivity index (χ0v) is 10.1. The molecule has 0 aromatic heterocycles. The lowest BCUT2D eigenvalue weighted by molar-refractivity contribution is -0.117. The van der Waals surface area contributed by atoms with Gasteiger partial charge in [0, 0.05) is 19.6 Å². The number of carbonyl (C=O) groups is 1. The summed E-state index contributed by atoms with van der Waals surface area (Å²) >= 11 is 0. The molecular formula is C14H16FNO2. The fourth-order valence-corrected chi connectivity index (χ4v) is 2.99. The van der Waals surface area contributed by atoms with E-state index in [9.17, 15) is 9.18 Å². The number of rotatable bonds is 1. The molecule has 1 N–H and O–H groups in total. The van der Waals surface area contributed by atoms with Crippen LogP contribution in [0.2, 0.25) is 0 Å². The number of nitrogens with one attached hydrogen (secondary N) is 1. The predicted octanol–water partition coefficient (Wildman–Crippen LogP) is 2.68. The van der Waals surface area contributed by atoms with Crippen molar-refractivity contribution in [2.24, 2.45) is 5.92 Å². The minimum atomic E-state index is -0.345. The molecule has 2 heterocycles. The SMILES string of the molecule is O=C1CC(C2CCCOC2)c2cccc(F)c2N1. The van der Waals surface area contributed by atoms with E-state index in [0.717, 1.165) is 25.0 Å². The van der Waals surface area contributed by atoms with Crippen LogP contribution in [0.5, 0.6) is 0 Å². The zero-order chi connectivity index (χ0) is 12.5. The summed E-state index contributed by atoms with van der Waals surface area (Å²) in [5.74, 6) is -0.0273. The standard InChI is InChI=1S/C14H16FNO2/c15-12-5-1-4-10-11(7-13(17)16-14(10)12)9-3-2-6-18-8-9/h1,4-5,9,11H,2-3,6-8H2,(H,16,17). The second-order valence-corrected chi connectivity index (χ2v) is 5.04. The molecule has 4 heteroatoms. The Morgan fingerprint density at radius 2 is 2.28 bits per heavy atom. The smallest absolute Gasteiger partial charge is 0.225 e. The molecule has 1 saturated heterocycles. The van der Waals surface area contributed by atoms with Gasteiger partial charge in [0.25, 0.3) is 0 Å². The number of hydrogen-bond donors (Lipinski definition) is 1. The molecule has 96 valence electrons. The topological polar surface area (TPSA) is 38.3 Å². The molecule has 18 heavy (non-hydrogen) atoms. The molecule has 0 aliphatic carbocycles. The van der Waals surface area contributed by atoms with Crippen molar-refractivity contribution in [2.75, 3.05) is 18.5 Å². The third-order valence-electron chi connectivity index (χ3n) is 3.88. The van der Waals surface area contributed by atoms with Gasteiger partial charge in [-0.1, -0.05) is 12.1 Å². The summed E-state index contributed by atoms with van der Waals surface area (Å²) in [6.45, 7) is 1.47. The van der Waals surface area contributed by atoms with Gasteiger partial charge in [0.15, 0.2) is 0 Å². The van der Waals surface area contributed by atoms with Crippen molar-refractivity contribution >= 4 is 11.6 Å². The van der Waals surface area contributed by atoms with Crippen molar-refractivity contribution in [1.29, 1.82) is 0 Å². The van der Waals surface area contributed by atoms with Gasteiger partial charge in [0.1, 0.15) is 5.82 Å². The number of anilines is 1. The van der Waals surface area contributed by atoms with Crippen LogP contribution in [0.4, 0.5) is 10.1 Å². The Bertz CT molecular complexity index is 469. The summed E-state index contributed by atoms with van der Waals surface area (Å²) in [6.07, 6.45) is 2.51. The largest absolute Gasteiger partial charge is 0.381 e. The Balaban J connectivity index is 1.96. The highest BCUT2D eigenvalue weighted by molar-refractivity contribution is 5.94. The number of amides is 1. The lowest BCUT2D eigenvalue weighted by Gasteiger charge is -2.34. The van der Waals surface area contributed by atoms with Crippen LogP contribution in [0.1, 0.15) is 30.7 Å².